The van der Waals surface area contributed by atoms with E-state index in [1.165, 1.54) is 0 Å². The van der Waals surface area contributed by atoms with Gasteiger partial charge in [0, 0.05) is 19.5 Å². The number of rotatable bonds is 10. The maximum Gasteiger partial charge on any atom is 0.407 e. The van der Waals surface area contributed by atoms with E-state index in [-0.39, 0.29) is 25.5 Å². The second-order valence-corrected chi connectivity index (χ2v) is 9.69. The minimum atomic E-state index is -1.21. The Morgan fingerprint density at radius 3 is 2.26 bits per heavy atom. The molecule has 0 aliphatic carbocycles. The molecule has 1 heterocycles. The van der Waals surface area contributed by atoms with Gasteiger partial charge in [-0.2, -0.15) is 5.26 Å². The lowest BCUT2D eigenvalue weighted by Gasteiger charge is -2.37. The molecule has 1 fully saturated rings. The Balaban J connectivity index is 1.57. The van der Waals surface area contributed by atoms with Gasteiger partial charge < -0.3 is 20.7 Å². The van der Waals surface area contributed by atoms with Crippen LogP contribution in [0.5, 0.6) is 0 Å². The number of hydrogen-bond acceptors (Lipinski definition) is 6. The summed E-state index contributed by atoms with van der Waals surface area (Å²) in [6.07, 6.45) is 1.46. The molecular formula is C29H37N5O4. The number of nitrogens with one attached hydrogen (secondary N) is 3. The molecule has 4 amide bonds. The first-order valence-corrected chi connectivity index (χ1v) is 13.1. The largest absolute Gasteiger partial charge is 0.450 e. The molecular weight excluding hydrogens is 482 g/mol. The standard InChI is InChI=1S/C29H37N5O4/c1-23(13-18-38-28(37)33-21-25-11-6-3-7-12-25)19-26(35)34(29(22-30)14-8-16-31-17-15-29)27(36)32-20-24-9-4-2-5-10-24/h2-7,9-12,23,31H,8,13-21H2,1H3,(H,32,36)(H,33,37). The third-order valence-electron chi connectivity index (χ3n) is 6.68. The van der Waals surface area contributed by atoms with Crippen molar-refractivity contribution in [2.24, 2.45) is 5.92 Å². The number of hydrogen-bond donors (Lipinski definition) is 3. The highest BCUT2D eigenvalue weighted by molar-refractivity contribution is 5.96. The minimum absolute atomic E-state index is 0.0601. The first-order chi connectivity index (χ1) is 18.4. The zero-order valence-corrected chi connectivity index (χ0v) is 21.9. The maximum atomic E-state index is 13.5. The maximum absolute atomic E-state index is 13.5. The van der Waals surface area contributed by atoms with Crippen molar-refractivity contribution in [2.75, 3.05) is 19.7 Å². The first-order valence-electron chi connectivity index (χ1n) is 13.1. The lowest BCUT2D eigenvalue weighted by atomic mass is 9.89. The van der Waals surface area contributed by atoms with Gasteiger partial charge in [0.25, 0.3) is 0 Å². The fourth-order valence-electron chi connectivity index (χ4n) is 4.50. The Bertz CT molecular complexity index is 1080. The fraction of sp³-hybridized carbons (Fsp3) is 0.448. The number of amides is 4. The van der Waals surface area contributed by atoms with Crippen molar-refractivity contribution in [2.45, 2.75) is 57.7 Å². The zero-order valence-electron chi connectivity index (χ0n) is 21.9. The Morgan fingerprint density at radius 2 is 1.63 bits per heavy atom. The van der Waals surface area contributed by atoms with Gasteiger partial charge in [0.2, 0.25) is 5.91 Å². The summed E-state index contributed by atoms with van der Waals surface area (Å²) in [6, 6.07) is 20.7. The van der Waals surface area contributed by atoms with Crippen molar-refractivity contribution >= 4 is 18.0 Å². The lowest BCUT2D eigenvalue weighted by Crippen LogP contribution is -2.57. The fourth-order valence-corrected chi connectivity index (χ4v) is 4.50. The second kappa shape index (κ2) is 14.7. The molecule has 38 heavy (non-hydrogen) atoms. The molecule has 202 valence electrons. The second-order valence-electron chi connectivity index (χ2n) is 9.69. The highest BCUT2D eigenvalue weighted by Crippen LogP contribution is 2.29. The monoisotopic (exact) mass is 519 g/mol. The Labute approximate surface area is 224 Å². The average molecular weight is 520 g/mol. The van der Waals surface area contributed by atoms with E-state index in [1.54, 1.807) is 0 Å². The Morgan fingerprint density at radius 1 is 1.00 bits per heavy atom. The van der Waals surface area contributed by atoms with E-state index in [1.807, 2.05) is 67.6 Å². The smallest absolute Gasteiger partial charge is 0.407 e. The number of carbonyl (C=O) groups excluding carboxylic acids is 3. The van der Waals surface area contributed by atoms with E-state index >= 15 is 0 Å². The van der Waals surface area contributed by atoms with Gasteiger partial charge in [-0.15, -0.1) is 0 Å². The Kier molecular flexibility index (Phi) is 11.1. The summed E-state index contributed by atoms with van der Waals surface area (Å²) in [7, 11) is 0. The highest BCUT2D eigenvalue weighted by Gasteiger charge is 2.44. The third kappa shape index (κ3) is 8.60. The van der Waals surface area contributed by atoms with Crippen LogP contribution in [0.25, 0.3) is 0 Å². The molecule has 9 heteroatoms. The van der Waals surface area contributed by atoms with Crippen LogP contribution in [-0.2, 0) is 22.6 Å². The van der Waals surface area contributed by atoms with Crippen LogP contribution in [0, 0.1) is 17.2 Å². The molecule has 1 aliphatic heterocycles. The summed E-state index contributed by atoms with van der Waals surface area (Å²) in [6.45, 7) is 3.91. The molecule has 2 atom stereocenters. The van der Waals surface area contributed by atoms with Crippen LogP contribution in [-0.4, -0.2) is 48.2 Å². The summed E-state index contributed by atoms with van der Waals surface area (Å²) < 4.78 is 5.27. The molecule has 2 aromatic rings. The summed E-state index contributed by atoms with van der Waals surface area (Å²) in [5.74, 6) is -0.562. The van der Waals surface area contributed by atoms with Crippen LogP contribution < -0.4 is 16.0 Å². The number of urea groups is 1. The average Bonchev–Trinajstić information content (AvgIpc) is 3.18. The van der Waals surface area contributed by atoms with Crippen LogP contribution in [0.4, 0.5) is 9.59 Å². The normalized spacial score (nSPS) is 17.8. The van der Waals surface area contributed by atoms with Gasteiger partial charge in [0.05, 0.1) is 12.7 Å². The molecule has 3 N–H and O–H groups in total. The van der Waals surface area contributed by atoms with Gasteiger partial charge in [-0.05, 0) is 55.8 Å². The van der Waals surface area contributed by atoms with Crippen molar-refractivity contribution in [3.63, 3.8) is 0 Å². The summed E-state index contributed by atoms with van der Waals surface area (Å²) in [5, 5.41) is 19.0. The summed E-state index contributed by atoms with van der Waals surface area (Å²) in [5.41, 5.74) is 0.654. The molecule has 3 rings (SSSR count). The van der Waals surface area contributed by atoms with Gasteiger partial charge in [-0.1, -0.05) is 67.6 Å². The third-order valence-corrected chi connectivity index (χ3v) is 6.68. The number of nitriles is 1. The van der Waals surface area contributed by atoms with Crippen LogP contribution in [0.15, 0.2) is 60.7 Å². The predicted molar refractivity (Wildman–Crippen MR) is 144 cm³/mol. The number of nitrogens with zero attached hydrogens (tertiary/aromatic N) is 2. The van der Waals surface area contributed by atoms with E-state index in [0.29, 0.717) is 38.8 Å². The van der Waals surface area contributed by atoms with Crippen LogP contribution in [0.1, 0.15) is 50.2 Å². The van der Waals surface area contributed by atoms with E-state index < -0.39 is 23.6 Å². The van der Waals surface area contributed by atoms with Gasteiger partial charge in [-0.3, -0.25) is 4.79 Å². The summed E-state index contributed by atoms with van der Waals surface area (Å²) in [4.78, 5) is 40.0. The quantitative estimate of drug-likeness (QED) is 0.434. The molecule has 0 saturated carbocycles. The Hall–Kier alpha value is -3.90. The molecule has 0 radical (unpaired) electrons. The SMILES string of the molecule is CC(CCOC(=O)NCc1ccccc1)CC(=O)N(C(=O)NCc1ccccc1)C1(C#N)CCCNCC1. The van der Waals surface area contributed by atoms with Gasteiger partial charge in [0.15, 0.2) is 0 Å². The predicted octanol–water partition coefficient (Wildman–Crippen LogP) is 4.10. The minimum Gasteiger partial charge on any atom is -0.450 e. The molecule has 2 aromatic carbocycles. The topological polar surface area (TPSA) is 124 Å². The lowest BCUT2D eigenvalue weighted by molar-refractivity contribution is -0.133. The van der Waals surface area contributed by atoms with Crippen molar-refractivity contribution in [1.29, 1.82) is 5.26 Å². The molecule has 9 nitrogen and oxygen atoms in total. The van der Waals surface area contributed by atoms with Crippen molar-refractivity contribution in [1.82, 2.24) is 20.9 Å². The van der Waals surface area contributed by atoms with Gasteiger partial charge >= 0.3 is 12.1 Å². The van der Waals surface area contributed by atoms with E-state index in [9.17, 15) is 19.6 Å². The van der Waals surface area contributed by atoms with Crippen LogP contribution in [0.3, 0.4) is 0 Å². The van der Waals surface area contributed by atoms with Gasteiger partial charge in [-0.25, -0.2) is 14.5 Å². The number of imide groups is 1. The molecule has 1 aliphatic rings. The molecule has 2 unspecified atom stereocenters. The summed E-state index contributed by atoms with van der Waals surface area (Å²) >= 11 is 0. The van der Waals surface area contributed by atoms with Crippen LogP contribution >= 0.6 is 0 Å². The highest BCUT2D eigenvalue weighted by atomic mass is 16.5. The zero-order chi connectivity index (χ0) is 27.2. The molecule has 0 bridgehead atoms. The van der Waals surface area contributed by atoms with Gasteiger partial charge in [0.1, 0.15) is 5.54 Å². The number of ether oxygens (including phenoxy) is 1. The van der Waals surface area contributed by atoms with Crippen molar-refractivity contribution < 1.29 is 19.1 Å². The van der Waals surface area contributed by atoms with E-state index in [4.69, 9.17) is 4.74 Å². The number of alkyl carbamates (subject to hydrolysis) is 1. The number of benzene rings is 2. The first kappa shape index (κ1) is 28.7. The van der Waals surface area contributed by atoms with Crippen molar-refractivity contribution in [3.8, 4) is 6.07 Å². The van der Waals surface area contributed by atoms with E-state index in [0.717, 1.165) is 22.6 Å². The number of carbonyl (C=O) groups is 3. The molecule has 1 saturated heterocycles. The molecule has 0 aromatic heterocycles. The van der Waals surface area contributed by atoms with E-state index in [2.05, 4.69) is 22.0 Å². The molecule has 0 spiro atoms. The van der Waals surface area contributed by atoms with Crippen molar-refractivity contribution in [3.05, 3.63) is 71.8 Å². The van der Waals surface area contributed by atoms with Crippen LogP contribution in [0.2, 0.25) is 0 Å².